The minimum Gasteiger partial charge on any atom is -0.394 e. The average Bonchev–Trinajstić information content (AvgIpc) is 2.47. The standard InChI is InChI=1S/C15H15FN2O2/c16-14-9-12(6-7-17-14)15(20)18-13(10-19)8-11-4-2-1-3-5-11/h1-7,9,13,19H,8,10H2,(H,18,20). The van der Waals surface area contributed by atoms with Crippen LogP contribution in [0.3, 0.4) is 0 Å². The van der Waals surface area contributed by atoms with Gasteiger partial charge in [0, 0.05) is 17.8 Å². The third-order valence-corrected chi connectivity index (χ3v) is 2.87. The van der Waals surface area contributed by atoms with Crippen molar-refractivity contribution in [1.82, 2.24) is 10.3 Å². The molecule has 5 heteroatoms. The van der Waals surface area contributed by atoms with Crippen molar-refractivity contribution in [3.05, 3.63) is 65.7 Å². The number of hydrogen-bond acceptors (Lipinski definition) is 3. The molecule has 0 saturated carbocycles. The van der Waals surface area contributed by atoms with Gasteiger partial charge in [-0.1, -0.05) is 30.3 Å². The summed E-state index contributed by atoms with van der Waals surface area (Å²) in [6.45, 7) is -0.186. The van der Waals surface area contributed by atoms with Crippen LogP contribution in [0.1, 0.15) is 15.9 Å². The number of aromatic nitrogens is 1. The molecule has 0 spiro atoms. The Kier molecular flexibility index (Phi) is 4.79. The normalized spacial score (nSPS) is 11.9. The Hall–Kier alpha value is -2.27. The van der Waals surface area contributed by atoms with Crippen LogP contribution in [0.15, 0.2) is 48.7 Å². The number of nitrogens with one attached hydrogen (secondary N) is 1. The topological polar surface area (TPSA) is 62.2 Å². The van der Waals surface area contributed by atoms with Gasteiger partial charge in [0.25, 0.3) is 5.91 Å². The van der Waals surface area contributed by atoms with Gasteiger partial charge >= 0.3 is 0 Å². The van der Waals surface area contributed by atoms with E-state index in [2.05, 4.69) is 10.3 Å². The quantitative estimate of drug-likeness (QED) is 0.813. The number of pyridine rings is 1. The summed E-state index contributed by atoms with van der Waals surface area (Å²) in [5, 5.41) is 12.0. The van der Waals surface area contributed by atoms with E-state index in [1.54, 1.807) is 0 Å². The van der Waals surface area contributed by atoms with Gasteiger partial charge in [-0.05, 0) is 18.1 Å². The van der Waals surface area contributed by atoms with Gasteiger partial charge in [-0.3, -0.25) is 4.79 Å². The maximum Gasteiger partial charge on any atom is 0.251 e. The second-order valence-corrected chi connectivity index (χ2v) is 4.41. The Bertz CT molecular complexity index is 575. The second-order valence-electron chi connectivity index (χ2n) is 4.41. The van der Waals surface area contributed by atoms with Crippen molar-refractivity contribution in [2.24, 2.45) is 0 Å². The van der Waals surface area contributed by atoms with Crippen molar-refractivity contribution >= 4 is 5.91 Å². The predicted molar refractivity (Wildman–Crippen MR) is 72.7 cm³/mol. The lowest BCUT2D eigenvalue weighted by Crippen LogP contribution is -2.39. The summed E-state index contributed by atoms with van der Waals surface area (Å²) >= 11 is 0. The van der Waals surface area contributed by atoms with E-state index < -0.39 is 17.9 Å². The summed E-state index contributed by atoms with van der Waals surface area (Å²) in [5.74, 6) is -1.14. The molecule has 2 N–H and O–H groups in total. The smallest absolute Gasteiger partial charge is 0.251 e. The molecule has 1 unspecified atom stereocenters. The van der Waals surface area contributed by atoms with Gasteiger partial charge in [0.2, 0.25) is 5.95 Å². The van der Waals surface area contributed by atoms with Gasteiger partial charge in [0.1, 0.15) is 0 Å². The molecule has 1 atom stereocenters. The number of benzene rings is 1. The average molecular weight is 274 g/mol. The van der Waals surface area contributed by atoms with Crippen molar-refractivity contribution in [1.29, 1.82) is 0 Å². The number of aliphatic hydroxyl groups is 1. The number of aliphatic hydroxyl groups excluding tert-OH is 1. The van der Waals surface area contributed by atoms with Crippen LogP contribution in [0.2, 0.25) is 0 Å². The van der Waals surface area contributed by atoms with Crippen LogP contribution in [0.5, 0.6) is 0 Å². The van der Waals surface area contributed by atoms with Gasteiger partial charge < -0.3 is 10.4 Å². The van der Waals surface area contributed by atoms with Gasteiger partial charge in [-0.15, -0.1) is 0 Å². The number of halogens is 1. The molecule has 104 valence electrons. The molecule has 0 aliphatic rings. The fraction of sp³-hybridized carbons (Fsp3) is 0.200. The molecule has 1 amide bonds. The minimum absolute atomic E-state index is 0.184. The van der Waals surface area contributed by atoms with Gasteiger partial charge in [0.05, 0.1) is 12.6 Å². The monoisotopic (exact) mass is 274 g/mol. The maximum absolute atomic E-state index is 13.0. The molecule has 4 nitrogen and oxygen atoms in total. The summed E-state index contributed by atoms with van der Waals surface area (Å²) in [6, 6.07) is 11.6. The Morgan fingerprint density at radius 2 is 2.05 bits per heavy atom. The number of hydrogen-bond donors (Lipinski definition) is 2. The highest BCUT2D eigenvalue weighted by Gasteiger charge is 2.14. The second kappa shape index (κ2) is 6.77. The van der Waals surface area contributed by atoms with E-state index in [0.29, 0.717) is 6.42 Å². The summed E-state index contributed by atoms with van der Waals surface area (Å²) in [5.41, 5.74) is 1.19. The molecule has 2 rings (SSSR count). The molecule has 0 aliphatic heterocycles. The zero-order valence-corrected chi connectivity index (χ0v) is 10.8. The molecule has 2 aromatic rings. The lowest BCUT2D eigenvalue weighted by molar-refractivity contribution is 0.0916. The highest BCUT2D eigenvalue weighted by atomic mass is 19.1. The maximum atomic E-state index is 13.0. The molecule has 1 aromatic heterocycles. The highest BCUT2D eigenvalue weighted by molar-refractivity contribution is 5.94. The summed E-state index contributed by atoms with van der Waals surface area (Å²) < 4.78 is 13.0. The first-order valence-electron chi connectivity index (χ1n) is 6.26. The van der Waals surface area contributed by atoms with Crippen LogP contribution in [0.25, 0.3) is 0 Å². The minimum atomic E-state index is -0.707. The molecule has 0 bridgehead atoms. The fourth-order valence-corrected chi connectivity index (χ4v) is 1.87. The van der Waals surface area contributed by atoms with Gasteiger partial charge in [-0.2, -0.15) is 4.39 Å². The van der Waals surface area contributed by atoms with E-state index in [-0.39, 0.29) is 12.2 Å². The molecule has 1 aromatic carbocycles. The molecule has 0 aliphatic carbocycles. The molecule has 20 heavy (non-hydrogen) atoms. The van der Waals surface area contributed by atoms with Crippen LogP contribution in [0, 0.1) is 5.95 Å². The SMILES string of the molecule is O=C(NC(CO)Cc1ccccc1)c1ccnc(F)c1. The number of carbonyl (C=O) groups is 1. The Morgan fingerprint density at radius 3 is 2.70 bits per heavy atom. The summed E-state index contributed by atoms with van der Waals surface area (Å²) in [6.07, 6.45) is 1.74. The zero-order valence-electron chi connectivity index (χ0n) is 10.8. The summed E-state index contributed by atoms with van der Waals surface area (Å²) in [7, 11) is 0. The molecule has 0 fully saturated rings. The lowest BCUT2D eigenvalue weighted by atomic mass is 10.1. The first-order valence-corrected chi connectivity index (χ1v) is 6.26. The van der Waals surface area contributed by atoms with Crippen LogP contribution in [0.4, 0.5) is 4.39 Å². The van der Waals surface area contributed by atoms with Crippen LogP contribution >= 0.6 is 0 Å². The molecule has 0 saturated heterocycles. The van der Waals surface area contributed by atoms with Crippen molar-refractivity contribution in [3.8, 4) is 0 Å². The van der Waals surface area contributed by atoms with Crippen LogP contribution < -0.4 is 5.32 Å². The van der Waals surface area contributed by atoms with Crippen molar-refractivity contribution in [2.45, 2.75) is 12.5 Å². The van der Waals surface area contributed by atoms with E-state index in [1.807, 2.05) is 30.3 Å². The Labute approximate surface area is 116 Å². The van der Waals surface area contributed by atoms with E-state index in [4.69, 9.17) is 0 Å². The van der Waals surface area contributed by atoms with E-state index in [1.165, 1.54) is 12.3 Å². The van der Waals surface area contributed by atoms with Gasteiger partial charge in [-0.25, -0.2) is 4.98 Å². The van der Waals surface area contributed by atoms with Crippen LogP contribution in [-0.2, 0) is 6.42 Å². The largest absolute Gasteiger partial charge is 0.394 e. The van der Waals surface area contributed by atoms with Crippen molar-refractivity contribution in [3.63, 3.8) is 0 Å². The van der Waals surface area contributed by atoms with Gasteiger partial charge in [0.15, 0.2) is 0 Å². The molecule has 1 heterocycles. The summed E-state index contributed by atoms with van der Waals surface area (Å²) in [4.78, 5) is 15.3. The highest BCUT2D eigenvalue weighted by Crippen LogP contribution is 2.05. The van der Waals surface area contributed by atoms with Crippen molar-refractivity contribution in [2.75, 3.05) is 6.61 Å². The van der Waals surface area contributed by atoms with E-state index >= 15 is 0 Å². The number of rotatable bonds is 5. The lowest BCUT2D eigenvalue weighted by Gasteiger charge is -2.16. The molecular weight excluding hydrogens is 259 g/mol. The molecule has 0 radical (unpaired) electrons. The van der Waals surface area contributed by atoms with E-state index in [0.717, 1.165) is 11.6 Å². The number of carbonyl (C=O) groups excluding carboxylic acids is 1. The predicted octanol–water partition coefficient (Wildman–Crippen LogP) is 1.55. The molecular formula is C15H15FN2O2. The Morgan fingerprint density at radius 1 is 1.30 bits per heavy atom. The van der Waals surface area contributed by atoms with E-state index in [9.17, 15) is 14.3 Å². The number of nitrogens with zero attached hydrogens (tertiary/aromatic N) is 1. The Balaban J connectivity index is 2.01. The van der Waals surface area contributed by atoms with Crippen molar-refractivity contribution < 1.29 is 14.3 Å². The van der Waals surface area contributed by atoms with Crippen LogP contribution in [-0.4, -0.2) is 28.6 Å². The first kappa shape index (κ1) is 14.1. The third-order valence-electron chi connectivity index (χ3n) is 2.87. The first-order chi connectivity index (χ1) is 9.69. The third kappa shape index (κ3) is 3.86. The number of amides is 1. The zero-order chi connectivity index (χ0) is 14.4. The fourth-order valence-electron chi connectivity index (χ4n) is 1.87.